The molecule has 1 aromatic rings. The minimum atomic E-state index is -0.593. The summed E-state index contributed by atoms with van der Waals surface area (Å²) in [7, 11) is 0. The molecule has 1 aromatic heterocycles. The molecule has 1 N–H and O–H groups in total. The monoisotopic (exact) mass is 197 g/mol. The SMILES string of the molecule is CC1(C)CCC(O)(c2ccns2)C1. The fourth-order valence-electron chi connectivity index (χ4n) is 2.18. The lowest BCUT2D eigenvalue weighted by Gasteiger charge is -2.23. The van der Waals surface area contributed by atoms with Crippen LogP contribution in [-0.4, -0.2) is 9.48 Å². The van der Waals surface area contributed by atoms with Crippen molar-refractivity contribution in [3.63, 3.8) is 0 Å². The summed E-state index contributed by atoms with van der Waals surface area (Å²) < 4.78 is 4.04. The molecule has 1 atom stereocenters. The van der Waals surface area contributed by atoms with Gasteiger partial charge in [0.25, 0.3) is 0 Å². The van der Waals surface area contributed by atoms with Crippen molar-refractivity contribution >= 4 is 11.5 Å². The van der Waals surface area contributed by atoms with Gasteiger partial charge in [-0.1, -0.05) is 13.8 Å². The molecule has 1 heterocycles. The second-order valence-electron chi connectivity index (χ2n) is 4.75. The molecule has 0 bridgehead atoms. The molecular weight excluding hydrogens is 182 g/mol. The molecule has 2 rings (SSSR count). The van der Waals surface area contributed by atoms with Crippen LogP contribution in [0.15, 0.2) is 12.3 Å². The van der Waals surface area contributed by atoms with Gasteiger partial charge in [0.05, 0.1) is 4.88 Å². The molecule has 0 amide bonds. The minimum absolute atomic E-state index is 0.277. The molecular formula is C10H15NOS. The topological polar surface area (TPSA) is 33.1 Å². The van der Waals surface area contributed by atoms with Crippen molar-refractivity contribution in [1.29, 1.82) is 0 Å². The first-order valence-electron chi connectivity index (χ1n) is 4.65. The van der Waals surface area contributed by atoms with Crippen molar-refractivity contribution in [2.75, 3.05) is 0 Å². The summed E-state index contributed by atoms with van der Waals surface area (Å²) in [5, 5.41) is 10.4. The van der Waals surface area contributed by atoms with E-state index in [1.807, 2.05) is 6.07 Å². The van der Waals surface area contributed by atoms with Crippen molar-refractivity contribution in [1.82, 2.24) is 4.37 Å². The lowest BCUT2D eigenvalue weighted by molar-refractivity contribution is 0.0375. The molecule has 2 nitrogen and oxygen atoms in total. The third-order valence-electron chi connectivity index (χ3n) is 2.88. The van der Waals surface area contributed by atoms with E-state index in [0.717, 1.165) is 24.1 Å². The molecule has 13 heavy (non-hydrogen) atoms. The van der Waals surface area contributed by atoms with E-state index >= 15 is 0 Å². The minimum Gasteiger partial charge on any atom is -0.384 e. The standard InChI is InChI=1S/C10H15NOS/c1-9(2)4-5-10(12,7-9)8-3-6-11-13-8/h3,6,12H,4-5,7H2,1-2H3. The number of nitrogens with zero attached hydrogens (tertiary/aromatic N) is 1. The molecule has 0 aliphatic heterocycles. The Balaban J connectivity index is 2.25. The molecule has 1 aliphatic carbocycles. The highest BCUT2D eigenvalue weighted by atomic mass is 32.1. The number of rotatable bonds is 1. The molecule has 1 aliphatic rings. The van der Waals surface area contributed by atoms with Gasteiger partial charge < -0.3 is 5.11 Å². The smallest absolute Gasteiger partial charge is 0.101 e. The molecule has 0 aromatic carbocycles. The van der Waals surface area contributed by atoms with Crippen molar-refractivity contribution in [2.24, 2.45) is 5.41 Å². The van der Waals surface area contributed by atoms with Crippen LogP contribution in [0.25, 0.3) is 0 Å². The number of hydrogen-bond acceptors (Lipinski definition) is 3. The predicted molar refractivity (Wildman–Crippen MR) is 53.6 cm³/mol. The van der Waals surface area contributed by atoms with Crippen LogP contribution in [0, 0.1) is 5.41 Å². The van der Waals surface area contributed by atoms with Gasteiger partial charge >= 0.3 is 0 Å². The summed E-state index contributed by atoms with van der Waals surface area (Å²) in [5.74, 6) is 0. The van der Waals surface area contributed by atoms with Gasteiger partial charge in [-0.05, 0) is 42.3 Å². The van der Waals surface area contributed by atoms with Crippen LogP contribution < -0.4 is 0 Å². The second-order valence-corrected chi connectivity index (χ2v) is 5.58. The maximum atomic E-state index is 10.4. The summed E-state index contributed by atoms with van der Waals surface area (Å²) in [6, 6.07) is 1.94. The molecule has 3 heteroatoms. The summed E-state index contributed by atoms with van der Waals surface area (Å²) in [6.07, 6.45) is 4.61. The fourth-order valence-corrected chi connectivity index (χ4v) is 2.88. The fraction of sp³-hybridized carbons (Fsp3) is 0.700. The zero-order chi connectivity index (χ0) is 9.53. The van der Waals surface area contributed by atoms with Crippen molar-refractivity contribution in [2.45, 2.75) is 38.7 Å². The Morgan fingerprint density at radius 1 is 1.46 bits per heavy atom. The lowest BCUT2D eigenvalue weighted by atomic mass is 9.89. The molecule has 0 saturated heterocycles. The Morgan fingerprint density at radius 3 is 2.69 bits per heavy atom. The first-order chi connectivity index (χ1) is 6.02. The van der Waals surface area contributed by atoms with Gasteiger partial charge in [-0.3, -0.25) is 0 Å². The van der Waals surface area contributed by atoms with Gasteiger partial charge in [-0.25, -0.2) is 4.37 Å². The lowest BCUT2D eigenvalue weighted by Crippen LogP contribution is -2.21. The molecule has 1 unspecified atom stereocenters. The Kier molecular flexibility index (Phi) is 1.96. The Morgan fingerprint density at radius 2 is 2.23 bits per heavy atom. The largest absolute Gasteiger partial charge is 0.384 e. The van der Waals surface area contributed by atoms with Crippen LogP contribution in [0.3, 0.4) is 0 Å². The normalized spacial score (nSPS) is 32.2. The maximum Gasteiger partial charge on any atom is 0.101 e. The molecule has 0 radical (unpaired) electrons. The predicted octanol–water partition coefficient (Wildman–Crippen LogP) is 2.54. The number of aromatic nitrogens is 1. The highest BCUT2D eigenvalue weighted by Gasteiger charge is 2.43. The molecule has 1 fully saturated rings. The van der Waals surface area contributed by atoms with Gasteiger partial charge in [-0.15, -0.1) is 0 Å². The van der Waals surface area contributed by atoms with Crippen molar-refractivity contribution < 1.29 is 5.11 Å². The quantitative estimate of drug-likeness (QED) is 0.750. The zero-order valence-corrected chi connectivity index (χ0v) is 8.90. The van der Waals surface area contributed by atoms with Crippen LogP contribution in [0.2, 0.25) is 0 Å². The first kappa shape index (κ1) is 9.16. The van der Waals surface area contributed by atoms with Crippen LogP contribution >= 0.6 is 11.5 Å². The Labute approximate surface area is 82.8 Å². The zero-order valence-electron chi connectivity index (χ0n) is 8.08. The molecule has 1 saturated carbocycles. The second kappa shape index (κ2) is 2.79. The summed E-state index contributed by atoms with van der Waals surface area (Å²) in [4.78, 5) is 1.03. The summed E-state index contributed by atoms with van der Waals surface area (Å²) in [6.45, 7) is 4.43. The third-order valence-corrected chi connectivity index (χ3v) is 3.82. The van der Waals surface area contributed by atoms with Gasteiger partial charge in [0.1, 0.15) is 5.60 Å². The molecule has 72 valence electrons. The van der Waals surface area contributed by atoms with E-state index in [4.69, 9.17) is 0 Å². The van der Waals surface area contributed by atoms with E-state index in [1.165, 1.54) is 11.5 Å². The Hall–Kier alpha value is -0.410. The average molecular weight is 197 g/mol. The Bertz CT molecular complexity index is 294. The van der Waals surface area contributed by atoms with E-state index in [0.29, 0.717) is 0 Å². The summed E-state index contributed by atoms with van der Waals surface area (Å²) >= 11 is 1.42. The van der Waals surface area contributed by atoms with E-state index in [2.05, 4.69) is 18.2 Å². The van der Waals surface area contributed by atoms with E-state index < -0.39 is 5.60 Å². The molecule has 0 spiro atoms. The third kappa shape index (κ3) is 1.63. The number of hydrogen-bond donors (Lipinski definition) is 1. The van der Waals surface area contributed by atoms with E-state index in [-0.39, 0.29) is 5.41 Å². The van der Waals surface area contributed by atoms with Crippen LogP contribution in [0.5, 0.6) is 0 Å². The van der Waals surface area contributed by atoms with Crippen LogP contribution in [-0.2, 0) is 5.60 Å². The van der Waals surface area contributed by atoms with Gasteiger partial charge in [-0.2, -0.15) is 0 Å². The van der Waals surface area contributed by atoms with Crippen molar-refractivity contribution in [3.05, 3.63) is 17.1 Å². The highest BCUT2D eigenvalue weighted by molar-refractivity contribution is 7.05. The van der Waals surface area contributed by atoms with Crippen molar-refractivity contribution in [3.8, 4) is 0 Å². The highest BCUT2D eigenvalue weighted by Crippen LogP contribution is 2.49. The average Bonchev–Trinajstić information content (AvgIpc) is 2.58. The van der Waals surface area contributed by atoms with E-state index in [9.17, 15) is 5.11 Å². The van der Waals surface area contributed by atoms with Crippen LogP contribution in [0.1, 0.15) is 38.0 Å². The number of aliphatic hydroxyl groups is 1. The summed E-state index contributed by atoms with van der Waals surface area (Å²) in [5.41, 5.74) is -0.316. The maximum absolute atomic E-state index is 10.4. The van der Waals surface area contributed by atoms with Gasteiger partial charge in [0.15, 0.2) is 0 Å². The van der Waals surface area contributed by atoms with Gasteiger partial charge in [0, 0.05) is 6.20 Å². The van der Waals surface area contributed by atoms with Gasteiger partial charge in [0.2, 0.25) is 0 Å². The van der Waals surface area contributed by atoms with E-state index in [1.54, 1.807) is 6.20 Å². The van der Waals surface area contributed by atoms with Crippen LogP contribution in [0.4, 0.5) is 0 Å². The first-order valence-corrected chi connectivity index (χ1v) is 5.43.